The number of benzene rings is 1. The Morgan fingerprint density at radius 3 is 2.79 bits per heavy atom. The van der Waals surface area contributed by atoms with Crippen LogP contribution in [-0.2, 0) is 10.8 Å². The fourth-order valence-electron chi connectivity index (χ4n) is 1.37. The van der Waals surface area contributed by atoms with Crippen LogP contribution in [0.4, 0.5) is 5.69 Å². The van der Waals surface area contributed by atoms with Crippen molar-refractivity contribution in [3.05, 3.63) is 38.9 Å². The van der Waals surface area contributed by atoms with Gasteiger partial charge in [0.15, 0.2) is 0 Å². The van der Waals surface area contributed by atoms with Crippen molar-refractivity contribution in [2.24, 2.45) is 0 Å². The van der Waals surface area contributed by atoms with Crippen LogP contribution in [0.1, 0.15) is 16.8 Å². The summed E-state index contributed by atoms with van der Waals surface area (Å²) in [6.07, 6.45) is 2.18. The van der Waals surface area contributed by atoms with E-state index in [-0.39, 0.29) is 16.3 Å². The maximum atomic E-state index is 11.7. The second-order valence-corrected chi connectivity index (χ2v) is 5.77. The zero-order chi connectivity index (χ0) is 14.4. The van der Waals surface area contributed by atoms with Crippen LogP contribution in [0.3, 0.4) is 0 Å². The summed E-state index contributed by atoms with van der Waals surface area (Å²) >= 11 is 5.65. The molecule has 0 aromatic heterocycles. The molecule has 8 heteroatoms. The van der Waals surface area contributed by atoms with E-state index in [1.165, 1.54) is 12.1 Å². The molecule has 0 bridgehead atoms. The van der Waals surface area contributed by atoms with E-state index in [4.69, 9.17) is 11.6 Å². The van der Waals surface area contributed by atoms with Gasteiger partial charge in [-0.25, -0.2) is 0 Å². The highest BCUT2D eigenvalue weighted by Gasteiger charge is 2.15. The molecule has 19 heavy (non-hydrogen) atoms. The number of nitro groups is 1. The molecule has 0 fully saturated rings. The van der Waals surface area contributed by atoms with Crippen LogP contribution >= 0.6 is 11.6 Å². The largest absolute Gasteiger partial charge is 0.352 e. The summed E-state index contributed by atoms with van der Waals surface area (Å²) < 4.78 is 10.8. The highest BCUT2D eigenvalue weighted by molar-refractivity contribution is 7.84. The Hall–Kier alpha value is -1.47. The molecular formula is C11H13ClN2O4S. The second-order valence-electron chi connectivity index (χ2n) is 3.81. The summed E-state index contributed by atoms with van der Waals surface area (Å²) in [6.45, 7) is 0.370. The summed E-state index contributed by atoms with van der Waals surface area (Å²) in [5.74, 6) is 0.0859. The van der Waals surface area contributed by atoms with Gasteiger partial charge in [0, 0.05) is 41.0 Å². The molecule has 0 aliphatic carbocycles. The minimum Gasteiger partial charge on any atom is -0.352 e. The van der Waals surface area contributed by atoms with E-state index in [9.17, 15) is 19.1 Å². The Balaban J connectivity index is 2.65. The Kier molecular flexibility index (Phi) is 5.91. The van der Waals surface area contributed by atoms with Gasteiger partial charge in [0.1, 0.15) is 5.02 Å². The Morgan fingerprint density at radius 1 is 1.53 bits per heavy atom. The zero-order valence-corrected chi connectivity index (χ0v) is 11.8. The minimum atomic E-state index is -0.896. The fraction of sp³-hybridized carbons (Fsp3) is 0.364. The first-order valence-electron chi connectivity index (χ1n) is 5.44. The molecule has 0 aliphatic heterocycles. The quantitative estimate of drug-likeness (QED) is 0.492. The lowest BCUT2D eigenvalue weighted by Gasteiger charge is -2.05. The molecule has 1 amide bonds. The molecule has 1 unspecified atom stereocenters. The average Bonchev–Trinajstić information content (AvgIpc) is 2.34. The van der Waals surface area contributed by atoms with Crippen LogP contribution < -0.4 is 5.32 Å². The number of amides is 1. The van der Waals surface area contributed by atoms with Crippen molar-refractivity contribution in [3.8, 4) is 0 Å². The number of halogens is 1. The molecule has 1 aromatic rings. The lowest BCUT2D eigenvalue weighted by atomic mass is 10.2. The van der Waals surface area contributed by atoms with Gasteiger partial charge in [-0.15, -0.1) is 0 Å². The number of nitro benzene ring substituents is 1. The summed E-state index contributed by atoms with van der Waals surface area (Å²) in [7, 11) is -0.896. The van der Waals surface area contributed by atoms with Crippen molar-refractivity contribution in [2.75, 3.05) is 18.6 Å². The number of carbonyl (C=O) groups is 1. The van der Waals surface area contributed by atoms with Crippen molar-refractivity contribution in [1.82, 2.24) is 5.32 Å². The molecule has 1 N–H and O–H groups in total. The molecule has 0 aliphatic rings. The molecule has 1 rings (SSSR count). The van der Waals surface area contributed by atoms with E-state index in [0.717, 1.165) is 6.07 Å². The molecule has 0 heterocycles. The predicted molar refractivity (Wildman–Crippen MR) is 74.0 cm³/mol. The summed E-state index contributed by atoms with van der Waals surface area (Å²) in [4.78, 5) is 21.8. The number of rotatable bonds is 6. The lowest BCUT2D eigenvalue weighted by Crippen LogP contribution is -2.25. The summed E-state index contributed by atoms with van der Waals surface area (Å²) in [6, 6.07) is 3.87. The third-order valence-electron chi connectivity index (χ3n) is 2.30. The lowest BCUT2D eigenvalue weighted by molar-refractivity contribution is -0.384. The van der Waals surface area contributed by atoms with Crippen LogP contribution in [0.2, 0.25) is 5.02 Å². The van der Waals surface area contributed by atoms with E-state index >= 15 is 0 Å². The Labute approximate surface area is 117 Å². The highest BCUT2D eigenvalue weighted by Crippen LogP contribution is 2.24. The van der Waals surface area contributed by atoms with Crippen molar-refractivity contribution in [2.45, 2.75) is 6.42 Å². The van der Waals surface area contributed by atoms with Gasteiger partial charge in [-0.1, -0.05) is 11.6 Å². The zero-order valence-electron chi connectivity index (χ0n) is 10.2. The smallest absolute Gasteiger partial charge is 0.288 e. The highest BCUT2D eigenvalue weighted by atomic mass is 35.5. The van der Waals surface area contributed by atoms with Crippen LogP contribution in [0.25, 0.3) is 0 Å². The minimum absolute atomic E-state index is 0.0112. The normalized spacial score (nSPS) is 11.9. The predicted octanol–water partition coefficient (Wildman–Crippen LogP) is 1.75. The molecule has 1 aromatic carbocycles. The van der Waals surface area contributed by atoms with Gasteiger partial charge >= 0.3 is 0 Å². The first-order chi connectivity index (χ1) is 8.91. The fourth-order valence-corrected chi connectivity index (χ4v) is 2.11. The standard InChI is InChI=1S/C11H13ClN2O4S/c1-19(18)6-2-5-13-11(15)8-3-4-9(12)10(7-8)14(16)17/h3-4,7H,2,5-6H2,1H3,(H,13,15). The third-order valence-corrected chi connectivity index (χ3v) is 3.48. The Bertz CT molecular complexity index is 521. The van der Waals surface area contributed by atoms with E-state index in [2.05, 4.69) is 5.32 Å². The van der Waals surface area contributed by atoms with Crippen LogP contribution in [-0.4, -0.2) is 33.6 Å². The maximum Gasteiger partial charge on any atom is 0.288 e. The molecule has 0 radical (unpaired) electrons. The van der Waals surface area contributed by atoms with E-state index in [0.29, 0.717) is 18.7 Å². The first kappa shape index (κ1) is 15.6. The monoisotopic (exact) mass is 304 g/mol. The maximum absolute atomic E-state index is 11.7. The third kappa shape index (κ3) is 4.96. The van der Waals surface area contributed by atoms with E-state index in [1.54, 1.807) is 6.26 Å². The van der Waals surface area contributed by atoms with Gasteiger partial charge in [-0.2, -0.15) is 0 Å². The summed E-state index contributed by atoms with van der Waals surface area (Å²) in [5.41, 5.74) is -0.127. The number of nitrogens with one attached hydrogen (secondary N) is 1. The van der Waals surface area contributed by atoms with Gasteiger partial charge < -0.3 is 5.32 Å². The summed E-state index contributed by atoms with van der Waals surface area (Å²) in [5, 5.41) is 13.3. The van der Waals surface area contributed by atoms with Crippen molar-refractivity contribution in [1.29, 1.82) is 0 Å². The van der Waals surface area contributed by atoms with E-state index < -0.39 is 21.6 Å². The van der Waals surface area contributed by atoms with Crippen LogP contribution in [0.5, 0.6) is 0 Å². The number of hydrogen-bond acceptors (Lipinski definition) is 4. The Morgan fingerprint density at radius 2 is 2.21 bits per heavy atom. The number of hydrogen-bond donors (Lipinski definition) is 1. The van der Waals surface area contributed by atoms with Crippen LogP contribution in [0.15, 0.2) is 18.2 Å². The second kappa shape index (κ2) is 7.20. The number of nitrogens with zero attached hydrogens (tertiary/aromatic N) is 1. The average molecular weight is 305 g/mol. The van der Waals surface area contributed by atoms with Gasteiger partial charge in [0.05, 0.1) is 4.92 Å². The van der Waals surface area contributed by atoms with Gasteiger partial charge in [-0.3, -0.25) is 19.1 Å². The van der Waals surface area contributed by atoms with Gasteiger partial charge in [0.25, 0.3) is 11.6 Å². The molecule has 0 spiro atoms. The van der Waals surface area contributed by atoms with E-state index in [1.807, 2.05) is 0 Å². The molecular weight excluding hydrogens is 292 g/mol. The first-order valence-corrected chi connectivity index (χ1v) is 7.54. The van der Waals surface area contributed by atoms with Crippen molar-refractivity contribution >= 4 is 34.0 Å². The molecule has 1 atom stereocenters. The van der Waals surface area contributed by atoms with Crippen LogP contribution in [0, 0.1) is 10.1 Å². The van der Waals surface area contributed by atoms with Crippen molar-refractivity contribution < 1.29 is 13.9 Å². The molecule has 0 saturated heterocycles. The SMILES string of the molecule is CS(=O)CCCNC(=O)c1ccc(Cl)c([N+](=O)[O-])c1. The molecule has 104 valence electrons. The van der Waals surface area contributed by atoms with Gasteiger partial charge in [-0.05, 0) is 18.6 Å². The molecule has 6 nitrogen and oxygen atoms in total. The number of carbonyl (C=O) groups excluding carboxylic acids is 1. The van der Waals surface area contributed by atoms with Crippen molar-refractivity contribution in [3.63, 3.8) is 0 Å². The van der Waals surface area contributed by atoms with Gasteiger partial charge in [0.2, 0.25) is 0 Å². The topological polar surface area (TPSA) is 89.3 Å². The molecule has 0 saturated carbocycles.